The third kappa shape index (κ3) is 12.7. The first-order valence-electron chi connectivity index (χ1n) is 20.9. The van der Waals surface area contributed by atoms with E-state index in [1.807, 2.05) is 52.0 Å². The summed E-state index contributed by atoms with van der Waals surface area (Å²) in [5, 5.41) is 6.55. The summed E-state index contributed by atoms with van der Waals surface area (Å²) in [5.74, 6) is 3.87. The zero-order valence-corrected chi connectivity index (χ0v) is 35.9. The molecule has 2 fully saturated rings. The Morgan fingerprint density at radius 2 is 1.10 bits per heavy atom. The van der Waals surface area contributed by atoms with Crippen molar-refractivity contribution in [1.29, 1.82) is 0 Å². The monoisotopic (exact) mass is 842 g/mol. The van der Waals surface area contributed by atoms with Crippen molar-refractivity contribution in [3.63, 3.8) is 0 Å². The van der Waals surface area contributed by atoms with Gasteiger partial charge in [0.2, 0.25) is 17.8 Å². The van der Waals surface area contributed by atoms with Gasteiger partial charge in [0.05, 0.1) is 81.5 Å². The van der Waals surface area contributed by atoms with Crippen LogP contribution in [0.3, 0.4) is 0 Å². The van der Waals surface area contributed by atoms with E-state index < -0.39 is 6.09 Å². The van der Waals surface area contributed by atoms with Crippen LogP contribution in [0.25, 0.3) is 0 Å². The Balaban J connectivity index is 0.778. The van der Waals surface area contributed by atoms with Crippen LogP contribution in [0.2, 0.25) is 0 Å². The topological polar surface area (TPSA) is 197 Å². The molecule has 0 saturated carbocycles. The predicted molar refractivity (Wildman–Crippen MR) is 228 cm³/mol. The van der Waals surface area contributed by atoms with Crippen molar-refractivity contribution in [3.8, 4) is 11.5 Å². The van der Waals surface area contributed by atoms with E-state index in [-0.39, 0.29) is 36.0 Å². The molecule has 18 heteroatoms. The Morgan fingerprint density at radius 1 is 0.623 bits per heavy atom. The summed E-state index contributed by atoms with van der Waals surface area (Å²) < 4.78 is 33.7. The molecule has 61 heavy (non-hydrogen) atoms. The number of nitrogens with one attached hydrogen (secondary N) is 2. The summed E-state index contributed by atoms with van der Waals surface area (Å²) in [7, 11) is 0. The quantitative estimate of drug-likeness (QED) is 0.0774. The maximum Gasteiger partial charge on any atom is 0.415 e. The summed E-state index contributed by atoms with van der Waals surface area (Å²) in [4.78, 5) is 55.3. The lowest BCUT2D eigenvalue weighted by atomic mass is 10.0. The van der Waals surface area contributed by atoms with Crippen molar-refractivity contribution in [2.24, 2.45) is 11.8 Å². The Labute approximate surface area is 357 Å². The van der Waals surface area contributed by atoms with Crippen LogP contribution in [0.4, 0.5) is 28.3 Å². The summed E-state index contributed by atoms with van der Waals surface area (Å²) >= 11 is 0. The molecule has 6 heterocycles. The van der Waals surface area contributed by atoms with Crippen LogP contribution in [0, 0.1) is 11.8 Å². The average Bonchev–Trinajstić information content (AvgIpc) is 3.85. The van der Waals surface area contributed by atoms with Crippen LogP contribution in [0.5, 0.6) is 11.5 Å². The maximum atomic E-state index is 12.6. The lowest BCUT2D eigenvalue weighted by molar-refractivity contribution is -0.117. The van der Waals surface area contributed by atoms with E-state index in [4.69, 9.17) is 28.4 Å². The fraction of sp³-hybridized carbons (Fsp3) is 0.535. The second-order valence-electron chi connectivity index (χ2n) is 15.5. The van der Waals surface area contributed by atoms with Gasteiger partial charge in [-0.15, -0.1) is 0 Å². The number of carbonyl (C=O) groups is 2. The number of nitrogens with zero attached hydrogens (tertiary/aromatic N) is 8. The van der Waals surface area contributed by atoms with E-state index >= 15 is 0 Å². The van der Waals surface area contributed by atoms with Gasteiger partial charge < -0.3 is 39.1 Å². The molecule has 18 nitrogen and oxygen atoms in total. The third-order valence-corrected chi connectivity index (χ3v) is 10.3. The van der Waals surface area contributed by atoms with Gasteiger partial charge in [-0.05, 0) is 68.5 Å². The smallest absolute Gasteiger partial charge is 0.415 e. The number of ether oxygens (including phenoxy) is 6. The number of cyclic esters (lactones) is 1. The Morgan fingerprint density at radius 3 is 1.56 bits per heavy atom. The molecule has 328 valence electrons. The van der Waals surface area contributed by atoms with Crippen molar-refractivity contribution in [3.05, 3.63) is 72.6 Å². The summed E-state index contributed by atoms with van der Waals surface area (Å²) in [5.41, 5.74) is 1.58. The van der Waals surface area contributed by atoms with Crippen molar-refractivity contribution in [2.45, 2.75) is 78.6 Å². The zero-order valence-electron chi connectivity index (χ0n) is 35.9. The molecule has 6 rings (SSSR count). The fourth-order valence-corrected chi connectivity index (χ4v) is 6.91. The number of carbonyl (C=O) groups excluding carboxylic acids is 2. The summed E-state index contributed by atoms with van der Waals surface area (Å²) in [6, 6.07) is 10.7. The van der Waals surface area contributed by atoms with E-state index in [1.165, 1.54) is 0 Å². The second-order valence-corrected chi connectivity index (χ2v) is 15.5. The molecule has 0 unspecified atom stereocenters. The van der Waals surface area contributed by atoms with Gasteiger partial charge in [0, 0.05) is 24.9 Å². The normalized spacial score (nSPS) is 17.5. The predicted octanol–water partition coefficient (Wildman–Crippen LogP) is 6.04. The first-order valence-corrected chi connectivity index (χ1v) is 20.9. The highest BCUT2D eigenvalue weighted by Crippen LogP contribution is 2.31. The molecular weight excluding hydrogens is 785 g/mol. The van der Waals surface area contributed by atoms with E-state index in [0.717, 1.165) is 17.8 Å². The molecule has 0 radical (unpaired) electrons. The molecule has 0 aliphatic carbocycles. The number of aromatic nitrogens is 6. The molecule has 0 spiro atoms. The number of anilines is 4. The van der Waals surface area contributed by atoms with Gasteiger partial charge in [0.25, 0.3) is 0 Å². The number of amides is 2. The molecule has 2 N–H and O–H groups in total. The van der Waals surface area contributed by atoms with Gasteiger partial charge in [-0.25, -0.2) is 14.8 Å². The summed E-state index contributed by atoms with van der Waals surface area (Å²) in [6.45, 7) is 15.9. The van der Waals surface area contributed by atoms with Crippen LogP contribution in [0.1, 0.15) is 77.9 Å². The first kappa shape index (κ1) is 44.8. The third-order valence-electron chi connectivity index (χ3n) is 10.3. The van der Waals surface area contributed by atoms with Crippen LogP contribution >= 0.6 is 0 Å². The maximum absolute atomic E-state index is 12.6. The zero-order chi connectivity index (χ0) is 43.1. The number of rotatable bonds is 24. The molecule has 4 atom stereocenters. The van der Waals surface area contributed by atoms with Crippen molar-refractivity contribution in [1.82, 2.24) is 29.9 Å². The largest absolute Gasteiger partial charge is 0.490 e. The molecule has 4 aromatic heterocycles. The molecule has 0 bridgehead atoms. The minimum atomic E-state index is -0.403. The minimum Gasteiger partial charge on any atom is -0.490 e. The number of hydrogen-bond donors (Lipinski definition) is 2. The Hall–Kier alpha value is -5.72. The molecule has 2 saturated heterocycles. The van der Waals surface area contributed by atoms with Gasteiger partial charge >= 0.3 is 6.09 Å². The SMILES string of the molecule is CC(C)[C@H]1CCC(=O)N1c1ccnc(N[C@@H](C)c2ccc(OCCOCCOCCOCCOc3ccc([C@H](C)Nc4nccc(N5C(=O)OC[C@@H]5C(C)C)n4)nc3)cn2)n1. The molecule has 2 aliphatic rings. The standard InChI is InChI=1S/C43H58N10O8/c1-28(2)36-11-12-40(54)52(36)38-13-15-44-41(50-38)48-30(5)34-9-7-32(25-46-34)59-23-21-57-19-17-56-18-20-58-22-24-60-33-8-10-35(47-26-33)31(6)49-42-45-16-14-39(51-42)53-37(29(3)4)27-61-43(53)55/h7-10,13-16,25-26,28-31,36-37H,11-12,17-24,27H2,1-6H3,(H,44,48,50)(H,45,49,51)/t30-,31-,36+,37+/m0/s1. The lowest BCUT2D eigenvalue weighted by Gasteiger charge is -2.27. The van der Waals surface area contributed by atoms with Gasteiger partial charge in [0.1, 0.15) is 43.0 Å². The molecule has 2 aliphatic heterocycles. The minimum absolute atomic E-state index is 0.0815. The highest BCUT2D eigenvalue weighted by molar-refractivity contribution is 5.95. The summed E-state index contributed by atoms with van der Waals surface area (Å²) in [6.07, 6.45) is 7.61. The van der Waals surface area contributed by atoms with Gasteiger partial charge in [-0.3, -0.25) is 24.6 Å². The van der Waals surface area contributed by atoms with E-state index in [1.54, 1.807) is 46.7 Å². The van der Waals surface area contributed by atoms with E-state index in [0.29, 0.717) is 107 Å². The average molecular weight is 843 g/mol. The van der Waals surface area contributed by atoms with Gasteiger partial charge in [-0.1, -0.05) is 27.7 Å². The van der Waals surface area contributed by atoms with E-state index in [9.17, 15) is 9.59 Å². The van der Waals surface area contributed by atoms with Crippen molar-refractivity contribution < 1.29 is 38.0 Å². The number of hydrogen-bond acceptors (Lipinski definition) is 16. The van der Waals surface area contributed by atoms with Crippen molar-refractivity contribution >= 4 is 35.5 Å². The molecule has 0 aromatic carbocycles. The van der Waals surface area contributed by atoms with Gasteiger partial charge in [0.15, 0.2) is 0 Å². The number of pyridine rings is 2. The lowest BCUT2D eigenvalue weighted by Crippen LogP contribution is -2.37. The van der Waals surface area contributed by atoms with Crippen molar-refractivity contribution in [2.75, 3.05) is 79.9 Å². The Bertz CT molecular complexity index is 1850. The van der Waals surface area contributed by atoms with Crippen LogP contribution in [-0.4, -0.2) is 113 Å². The highest BCUT2D eigenvalue weighted by atomic mass is 16.6. The van der Waals surface area contributed by atoms with Gasteiger partial charge in [-0.2, -0.15) is 9.97 Å². The molecule has 2 amide bonds. The van der Waals surface area contributed by atoms with E-state index in [2.05, 4.69) is 54.4 Å². The molecule has 4 aromatic rings. The second kappa shape index (κ2) is 22.2. The van der Waals surface area contributed by atoms with Crippen LogP contribution < -0.4 is 29.9 Å². The molecular formula is C43H58N10O8. The highest BCUT2D eigenvalue weighted by Gasteiger charge is 2.37. The Kier molecular flexibility index (Phi) is 16.3. The van der Waals surface area contributed by atoms with Crippen LogP contribution in [-0.2, 0) is 23.7 Å². The van der Waals surface area contributed by atoms with Crippen LogP contribution in [0.15, 0.2) is 61.2 Å². The first-order chi connectivity index (χ1) is 29.6. The fourth-order valence-electron chi connectivity index (χ4n) is 6.91.